The molecule has 1 aromatic rings. The highest BCUT2D eigenvalue weighted by atomic mass is 35.5. The Bertz CT molecular complexity index is 492. The van der Waals surface area contributed by atoms with Crippen molar-refractivity contribution in [1.82, 2.24) is 4.90 Å². The lowest BCUT2D eigenvalue weighted by atomic mass is 10.1. The van der Waals surface area contributed by atoms with Gasteiger partial charge < -0.3 is 14.7 Å². The summed E-state index contributed by atoms with van der Waals surface area (Å²) in [5.41, 5.74) is 0. The van der Waals surface area contributed by atoms with Gasteiger partial charge in [-0.1, -0.05) is 24.6 Å². The first-order valence-corrected chi connectivity index (χ1v) is 6.59. The number of amides is 1. The van der Waals surface area contributed by atoms with E-state index in [0.29, 0.717) is 10.8 Å². The maximum absolute atomic E-state index is 12.1. The van der Waals surface area contributed by atoms with E-state index in [1.54, 1.807) is 45.2 Å². The molecule has 0 unspecified atom stereocenters. The predicted molar refractivity (Wildman–Crippen MR) is 76.0 cm³/mol. The van der Waals surface area contributed by atoms with Crippen LogP contribution in [0, 0.1) is 5.92 Å². The van der Waals surface area contributed by atoms with Gasteiger partial charge in [0.2, 0.25) is 0 Å². The molecule has 0 aliphatic heterocycles. The van der Waals surface area contributed by atoms with E-state index < -0.39 is 18.0 Å². The number of likely N-dealkylation sites (N-methyl/N-ethyl adjacent to an activating group) is 1. The van der Waals surface area contributed by atoms with Gasteiger partial charge in [-0.25, -0.2) is 0 Å². The Kier molecular flexibility index (Phi) is 5.82. The van der Waals surface area contributed by atoms with Gasteiger partial charge in [-0.3, -0.25) is 9.59 Å². The number of benzene rings is 1. The SMILES string of the molecule is C[C@H](CN(C)C(=O)[C@@H](C)Oc1cccc(Cl)c1)C(=O)O. The summed E-state index contributed by atoms with van der Waals surface area (Å²) in [4.78, 5) is 24.2. The third-order valence-electron chi connectivity index (χ3n) is 2.80. The van der Waals surface area contributed by atoms with Crippen molar-refractivity contribution in [2.45, 2.75) is 20.0 Å². The molecule has 0 aliphatic rings. The molecule has 0 spiro atoms. The quantitative estimate of drug-likeness (QED) is 0.875. The van der Waals surface area contributed by atoms with Crippen LogP contribution >= 0.6 is 11.6 Å². The first-order valence-electron chi connectivity index (χ1n) is 6.21. The standard InChI is InChI=1S/C14H18ClNO4/c1-9(14(18)19)8-16(3)13(17)10(2)20-12-6-4-5-11(15)7-12/h4-7,9-10H,8H2,1-3H3,(H,18,19)/t9-,10-/m1/s1. The molecule has 0 bridgehead atoms. The zero-order chi connectivity index (χ0) is 15.3. The number of nitrogens with zero attached hydrogens (tertiary/aromatic N) is 1. The van der Waals surface area contributed by atoms with Gasteiger partial charge in [-0.05, 0) is 25.1 Å². The van der Waals surface area contributed by atoms with Gasteiger partial charge in [0.15, 0.2) is 6.10 Å². The molecule has 5 nitrogen and oxygen atoms in total. The molecule has 0 heterocycles. The molecule has 0 radical (unpaired) electrons. The van der Waals surface area contributed by atoms with Gasteiger partial charge in [-0.2, -0.15) is 0 Å². The van der Waals surface area contributed by atoms with Gasteiger partial charge in [0, 0.05) is 18.6 Å². The number of carboxylic acids is 1. The smallest absolute Gasteiger partial charge is 0.308 e. The van der Waals surface area contributed by atoms with Gasteiger partial charge in [0.05, 0.1) is 5.92 Å². The molecule has 1 rings (SSSR count). The Labute approximate surface area is 123 Å². The Morgan fingerprint density at radius 3 is 2.60 bits per heavy atom. The van der Waals surface area contributed by atoms with Crippen LogP contribution in [0.15, 0.2) is 24.3 Å². The van der Waals surface area contributed by atoms with E-state index in [0.717, 1.165) is 0 Å². The minimum Gasteiger partial charge on any atom is -0.481 e. The minimum atomic E-state index is -0.937. The molecule has 0 saturated carbocycles. The summed E-state index contributed by atoms with van der Waals surface area (Å²) in [6, 6.07) is 6.76. The second-order valence-corrected chi connectivity index (χ2v) is 5.11. The highest BCUT2D eigenvalue weighted by Crippen LogP contribution is 2.18. The Morgan fingerprint density at radius 1 is 1.40 bits per heavy atom. The number of ether oxygens (including phenoxy) is 1. The summed E-state index contributed by atoms with van der Waals surface area (Å²) >= 11 is 5.83. The fourth-order valence-corrected chi connectivity index (χ4v) is 1.86. The van der Waals surface area contributed by atoms with E-state index in [9.17, 15) is 9.59 Å². The number of carbonyl (C=O) groups is 2. The highest BCUT2D eigenvalue weighted by molar-refractivity contribution is 6.30. The number of hydrogen-bond donors (Lipinski definition) is 1. The first kappa shape index (κ1) is 16.3. The average Bonchev–Trinajstić information content (AvgIpc) is 2.37. The number of carbonyl (C=O) groups excluding carboxylic acids is 1. The molecule has 6 heteroatoms. The van der Waals surface area contributed by atoms with Crippen molar-refractivity contribution in [2.75, 3.05) is 13.6 Å². The first-order chi connectivity index (χ1) is 9.31. The molecule has 0 aromatic heterocycles. The van der Waals surface area contributed by atoms with Gasteiger partial charge in [0.1, 0.15) is 5.75 Å². The summed E-state index contributed by atoms with van der Waals surface area (Å²) < 4.78 is 5.50. The molecule has 110 valence electrons. The molecule has 0 saturated heterocycles. The third-order valence-corrected chi connectivity index (χ3v) is 3.04. The van der Waals surface area contributed by atoms with Crippen LogP contribution in [0.4, 0.5) is 0 Å². The number of rotatable bonds is 6. The second kappa shape index (κ2) is 7.14. The maximum atomic E-state index is 12.1. The number of hydrogen-bond acceptors (Lipinski definition) is 3. The fourth-order valence-electron chi connectivity index (χ4n) is 1.68. The number of halogens is 1. The van der Waals surface area contributed by atoms with Crippen LogP contribution in [0.3, 0.4) is 0 Å². The average molecular weight is 300 g/mol. The van der Waals surface area contributed by atoms with Gasteiger partial charge >= 0.3 is 5.97 Å². The molecule has 1 aromatic carbocycles. The van der Waals surface area contributed by atoms with Crippen LogP contribution in [0.5, 0.6) is 5.75 Å². The molecular weight excluding hydrogens is 282 g/mol. The Morgan fingerprint density at radius 2 is 2.05 bits per heavy atom. The van der Waals surface area contributed by atoms with Crippen molar-refractivity contribution in [1.29, 1.82) is 0 Å². The Hall–Kier alpha value is -1.75. The van der Waals surface area contributed by atoms with Crippen LogP contribution in [0.1, 0.15) is 13.8 Å². The van der Waals surface area contributed by atoms with Crippen LogP contribution < -0.4 is 4.74 Å². The van der Waals surface area contributed by atoms with E-state index in [1.165, 1.54) is 4.90 Å². The van der Waals surface area contributed by atoms with Crippen LogP contribution in [-0.4, -0.2) is 41.6 Å². The summed E-state index contributed by atoms with van der Waals surface area (Å²) in [5.74, 6) is -1.34. The third kappa shape index (κ3) is 4.74. The molecule has 0 fully saturated rings. The zero-order valence-electron chi connectivity index (χ0n) is 11.7. The summed E-state index contributed by atoms with van der Waals surface area (Å²) in [6.07, 6.45) is -0.709. The van der Waals surface area contributed by atoms with Crippen LogP contribution in [0.25, 0.3) is 0 Å². The van der Waals surface area contributed by atoms with Crippen molar-refractivity contribution in [3.8, 4) is 5.75 Å². The lowest BCUT2D eigenvalue weighted by Crippen LogP contribution is -2.41. The summed E-state index contributed by atoms with van der Waals surface area (Å²) in [7, 11) is 1.56. The van der Waals surface area contributed by atoms with Crippen molar-refractivity contribution in [3.05, 3.63) is 29.3 Å². The van der Waals surface area contributed by atoms with Crippen molar-refractivity contribution in [2.24, 2.45) is 5.92 Å². The zero-order valence-corrected chi connectivity index (χ0v) is 12.4. The number of carboxylic acid groups (broad SMARTS) is 1. The summed E-state index contributed by atoms with van der Waals surface area (Å²) in [6.45, 7) is 3.30. The van der Waals surface area contributed by atoms with Crippen molar-refractivity contribution < 1.29 is 19.4 Å². The minimum absolute atomic E-state index is 0.136. The van der Waals surface area contributed by atoms with E-state index >= 15 is 0 Å². The van der Waals surface area contributed by atoms with Crippen molar-refractivity contribution >= 4 is 23.5 Å². The maximum Gasteiger partial charge on any atom is 0.308 e. The molecular formula is C14H18ClNO4. The van der Waals surface area contributed by atoms with Gasteiger partial charge in [-0.15, -0.1) is 0 Å². The van der Waals surface area contributed by atoms with E-state index in [2.05, 4.69) is 0 Å². The number of aliphatic carboxylic acids is 1. The van der Waals surface area contributed by atoms with Crippen LogP contribution in [-0.2, 0) is 9.59 Å². The molecule has 0 aliphatic carbocycles. The highest BCUT2D eigenvalue weighted by Gasteiger charge is 2.22. The summed E-state index contributed by atoms with van der Waals surface area (Å²) in [5, 5.41) is 9.36. The van der Waals surface area contributed by atoms with Crippen LogP contribution in [0.2, 0.25) is 5.02 Å². The van der Waals surface area contributed by atoms with E-state index in [4.69, 9.17) is 21.4 Å². The molecule has 2 atom stereocenters. The van der Waals surface area contributed by atoms with E-state index in [-0.39, 0.29) is 12.5 Å². The molecule has 1 amide bonds. The van der Waals surface area contributed by atoms with E-state index in [1.807, 2.05) is 0 Å². The fraction of sp³-hybridized carbons (Fsp3) is 0.429. The molecule has 20 heavy (non-hydrogen) atoms. The largest absolute Gasteiger partial charge is 0.481 e. The Balaban J connectivity index is 2.60. The lowest BCUT2D eigenvalue weighted by Gasteiger charge is -2.23. The monoisotopic (exact) mass is 299 g/mol. The lowest BCUT2D eigenvalue weighted by molar-refractivity contribution is -0.144. The van der Waals surface area contributed by atoms with Crippen molar-refractivity contribution in [3.63, 3.8) is 0 Å². The normalized spacial score (nSPS) is 13.4. The van der Waals surface area contributed by atoms with Gasteiger partial charge in [0.25, 0.3) is 5.91 Å². The molecule has 1 N–H and O–H groups in total. The predicted octanol–water partition coefficient (Wildman–Crippen LogP) is 2.29. The topological polar surface area (TPSA) is 66.8 Å². The second-order valence-electron chi connectivity index (χ2n) is 4.68.